The van der Waals surface area contributed by atoms with Crippen molar-refractivity contribution in [1.29, 1.82) is 0 Å². The number of likely N-dealkylation sites (tertiary alicyclic amines) is 1. The van der Waals surface area contributed by atoms with Crippen LogP contribution in [0.1, 0.15) is 44.1 Å². The van der Waals surface area contributed by atoms with Gasteiger partial charge in [0, 0.05) is 31.9 Å². The molecule has 0 spiro atoms. The Kier molecular flexibility index (Phi) is 5.73. The molecule has 2 amide bonds. The molecule has 7 heteroatoms. The number of pyridine rings is 1. The molecule has 1 aromatic heterocycles. The number of ether oxygens (including phenoxy) is 1. The van der Waals surface area contributed by atoms with E-state index in [-0.39, 0.29) is 18.1 Å². The lowest BCUT2D eigenvalue weighted by Crippen LogP contribution is -2.45. The Labute approximate surface area is 147 Å². The zero-order valence-electron chi connectivity index (χ0n) is 14.3. The number of urea groups is 1. The van der Waals surface area contributed by atoms with Gasteiger partial charge in [-0.2, -0.15) is 0 Å². The van der Waals surface area contributed by atoms with Crippen molar-refractivity contribution in [2.75, 3.05) is 13.1 Å². The fraction of sp³-hybridized carbons (Fsp3) is 0.611. The highest BCUT2D eigenvalue weighted by Crippen LogP contribution is 2.23. The fourth-order valence-electron chi connectivity index (χ4n) is 3.38. The molecule has 1 aromatic rings. The summed E-state index contributed by atoms with van der Waals surface area (Å²) in [4.78, 5) is 29.1. The molecule has 2 heterocycles. The number of carboxylic acids is 1. The summed E-state index contributed by atoms with van der Waals surface area (Å²) in [5, 5.41) is 11.9. The largest absolute Gasteiger partial charge is 0.481 e. The van der Waals surface area contributed by atoms with Crippen molar-refractivity contribution in [1.82, 2.24) is 15.2 Å². The summed E-state index contributed by atoms with van der Waals surface area (Å²) in [5.41, 5.74) is 0.910. The van der Waals surface area contributed by atoms with Gasteiger partial charge >= 0.3 is 12.0 Å². The highest BCUT2D eigenvalue weighted by Gasteiger charge is 2.26. The Hall–Kier alpha value is -2.31. The summed E-state index contributed by atoms with van der Waals surface area (Å²) < 4.78 is 5.83. The molecule has 1 saturated carbocycles. The van der Waals surface area contributed by atoms with E-state index in [4.69, 9.17) is 9.84 Å². The van der Waals surface area contributed by atoms with Crippen LogP contribution in [0, 0.1) is 5.92 Å². The zero-order valence-corrected chi connectivity index (χ0v) is 14.3. The number of carbonyl (C=O) groups excluding carboxylic acids is 1. The Morgan fingerprint density at radius 1 is 1.20 bits per heavy atom. The monoisotopic (exact) mass is 347 g/mol. The van der Waals surface area contributed by atoms with E-state index in [0.29, 0.717) is 38.4 Å². The Bertz CT molecular complexity index is 591. The van der Waals surface area contributed by atoms with Crippen LogP contribution in [0.25, 0.3) is 0 Å². The Morgan fingerprint density at radius 2 is 1.92 bits per heavy atom. The molecule has 1 aliphatic carbocycles. The van der Waals surface area contributed by atoms with Crippen molar-refractivity contribution in [3.8, 4) is 5.88 Å². The fourth-order valence-corrected chi connectivity index (χ4v) is 3.38. The number of piperidine rings is 1. The molecule has 2 fully saturated rings. The standard InChI is InChI=1S/C18H25N3O4/c22-17(23)14-7-9-21(10-8-14)18(24)20-12-13-5-6-16(19-11-13)25-15-3-1-2-4-15/h5-6,11,14-15H,1-4,7-10,12H2,(H,20,24)(H,22,23). The van der Waals surface area contributed by atoms with Gasteiger partial charge < -0.3 is 20.1 Å². The molecule has 1 aliphatic heterocycles. The molecule has 3 rings (SSSR count). The third-order valence-corrected chi connectivity index (χ3v) is 4.96. The first kappa shape index (κ1) is 17.5. The van der Waals surface area contributed by atoms with Gasteiger partial charge in [0.05, 0.1) is 5.92 Å². The van der Waals surface area contributed by atoms with Crippen LogP contribution >= 0.6 is 0 Å². The normalized spacial score (nSPS) is 19.0. The maximum Gasteiger partial charge on any atom is 0.317 e. The molecular formula is C18H25N3O4. The molecule has 1 saturated heterocycles. The van der Waals surface area contributed by atoms with Crippen molar-refractivity contribution in [3.63, 3.8) is 0 Å². The minimum absolute atomic E-state index is 0.157. The van der Waals surface area contributed by atoms with Crippen molar-refractivity contribution >= 4 is 12.0 Å². The summed E-state index contributed by atoms with van der Waals surface area (Å²) in [6.07, 6.45) is 7.66. The summed E-state index contributed by atoms with van der Waals surface area (Å²) in [7, 11) is 0. The first-order chi connectivity index (χ1) is 12.1. The van der Waals surface area contributed by atoms with Gasteiger partial charge in [-0.15, -0.1) is 0 Å². The second-order valence-corrected chi connectivity index (χ2v) is 6.79. The number of nitrogens with one attached hydrogen (secondary N) is 1. The highest BCUT2D eigenvalue weighted by molar-refractivity contribution is 5.75. The molecule has 25 heavy (non-hydrogen) atoms. The molecule has 0 aromatic carbocycles. The number of nitrogens with zero attached hydrogens (tertiary/aromatic N) is 2. The van der Waals surface area contributed by atoms with Gasteiger partial charge in [-0.3, -0.25) is 4.79 Å². The Balaban J connectivity index is 1.42. The van der Waals surface area contributed by atoms with Crippen LogP contribution in [0.3, 0.4) is 0 Å². The predicted octanol–water partition coefficient (Wildman–Crippen LogP) is 2.41. The predicted molar refractivity (Wildman–Crippen MR) is 91.3 cm³/mol. The Morgan fingerprint density at radius 3 is 2.52 bits per heavy atom. The van der Waals surface area contributed by atoms with Gasteiger partial charge in [-0.05, 0) is 44.1 Å². The molecule has 0 bridgehead atoms. The van der Waals surface area contributed by atoms with Gasteiger partial charge in [0.1, 0.15) is 6.10 Å². The maximum atomic E-state index is 12.2. The maximum absolute atomic E-state index is 12.2. The van der Waals surface area contributed by atoms with E-state index < -0.39 is 5.97 Å². The summed E-state index contributed by atoms with van der Waals surface area (Å²) in [6.45, 7) is 1.36. The lowest BCUT2D eigenvalue weighted by atomic mass is 9.97. The lowest BCUT2D eigenvalue weighted by molar-refractivity contribution is -0.143. The molecule has 0 radical (unpaired) electrons. The van der Waals surface area contributed by atoms with Crippen LogP contribution < -0.4 is 10.1 Å². The molecule has 0 atom stereocenters. The summed E-state index contributed by atoms with van der Waals surface area (Å²) in [5.74, 6) is -0.468. The summed E-state index contributed by atoms with van der Waals surface area (Å²) >= 11 is 0. The van der Waals surface area contributed by atoms with Crippen molar-refractivity contribution in [2.24, 2.45) is 5.92 Å². The number of carbonyl (C=O) groups is 2. The number of hydrogen-bond donors (Lipinski definition) is 2. The van der Waals surface area contributed by atoms with Crippen LogP contribution in [0.2, 0.25) is 0 Å². The van der Waals surface area contributed by atoms with E-state index in [1.54, 1.807) is 11.1 Å². The van der Waals surface area contributed by atoms with Crippen LogP contribution in [-0.4, -0.2) is 46.2 Å². The lowest BCUT2D eigenvalue weighted by Gasteiger charge is -2.30. The molecule has 0 unspecified atom stereocenters. The second-order valence-electron chi connectivity index (χ2n) is 6.79. The van der Waals surface area contributed by atoms with Crippen LogP contribution in [0.4, 0.5) is 4.79 Å². The first-order valence-electron chi connectivity index (χ1n) is 8.99. The van der Waals surface area contributed by atoms with Crippen molar-refractivity contribution in [2.45, 2.75) is 51.2 Å². The number of amides is 2. The highest BCUT2D eigenvalue weighted by atomic mass is 16.5. The molecule has 136 valence electrons. The molecular weight excluding hydrogens is 322 g/mol. The molecule has 2 N–H and O–H groups in total. The average molecular weight is 347 g/mol. The van der Waals surface area contributed by atoms with Crippen molar-refractivity contribution < 1.29 is 19.4 Å². The van der Waals surface area contributed by atoms with E-state index in [0.717, 1.165) is 18.4 Å². The molecule has 2 aliphatic rings. The zero-order chi connectivity index (χ0) is 17.6. The van der Waals surface area contributed by atoms with E-state index in [2.05, 4.69) is 10.3 Å². The van der Waals surface area contributed by atoms with Gasteiger partial charge in [0.2, 0.25) is 5.88 Å². The van der Waals surface area contributed by atoms with Gasteiger partial charge in [-0.1, -0.05) is 6.07 Å². The quantitative estimate of drug-likeness (QED) is 0.853. The summed E-state index contributed by atoms with van der Waals surface area (Å²) in [6, 6.07) is 3.60. The third-order valence-electron chi connectivity index (χ3n) is 4.96. The van der Waals surface area contributed by atoms with Gasteiger partial charge in [0.15, 0.2) is 0 Å². The smallest absolute Gasteiger partial charge is 0.317 e. The van der Waals surface area contributed by atoms with Crippen molar-refractivity contribution in [3.05, 3.63) is 23.9 Å². The number of carboxylic acid groups (broad SMARTS) is 1. The molecule has 7 nitrogen and oxygen atoms in total. The second kappa shape index (κ2) is 8.18. The van der Waals surface area contributed by atoms with Crippen LogP contribution in [-0.2, 0) is 11.3 Å². The first-order valence-corrected chi connectivity index (χ1v) is 8.99. The van der Waals surface area contributed by atoms with Crippen LogP contribution in [0.15, 0.2) is 18.3 Å². The van der Waals surface area contributed by atoms with Crippen LogP contribution in [0.5, 0.6) is 5.88 Å². The SMILES string of the molecule is O=C(O)C1CCN(C(=O)NCc2ccc(OC3CCCC3)nc2)CC1. The van der Waals surface area contributed by atoms with E-state index in [1.165, 1.54) is 12.8 Å². The van der Waals surface area contributed by atoms with Gasteiger partial charge in [0.25, 0.3) is 0 Å². The number of aromatic nitrogens is 1. The number of aliphatic carboxylic acids is 1. The third kappa shape index (κ3) is 4.84. The number of hydrogen-bond acceptors (Lipinski definition) is 4. The van der Waals surface area contributed by atoms with E-state index in [9.17, 15) is 9.59 Å². The minimum atomic E-state index is -0.772. The average Bonchev–Trinajstić information content (AvgIpc) is 3.14. The van der Waals surface area contributed by atoms with E-state index in [1.807, 2.05) is 12.1 Å². The van der Waals surface area contributed by atoms with Gasteiger partial charge in [-0.25, -0.2) is 9.78 Å². The minimum Gasteiger partial charge on any atom is -0.481 e. The number of rotatable bonds is 5. The van der Waals surface area contributed by atoms with E-state index >= 15 is 0 Å². The topological polar surface area (TPSA) is 91.8 Å².